The maximum absolute atomic E-state index is 7.09. The largest absolute Gasteiger partial charge is 0.457 e. The normalized spacial score (nSPS) is 15.3. The van der Waals surface area contributed by atoms with E-state index in [1.807, 2.05) is 11.8 Å². The summed E-state index contributed by atoms with van der Waals surface area (Å²) in [6, 6.07) is 136. The van der Waals surface area contributed by atoms with E-state index >= 15 is 0 Å². The Morgan fingerprint density at radius 3 is 1.54 bits per heavy atom. The average Bonchev–Trinajstić information content (AvgIpc) is 1.51. The first-order valence-corrected chi connectivity index (χ1v) is 38.7. The van der Waals surface area contributed by atoms with Crippen molar-refractivity contribution in [1.82, 2.24) is 0 Å². The molecule has 0 saturated carbocycles. The number of hydrogen-bond donors (Lipinski definition) is 0. The molecular weight excluding hydrogens is 1360 g/mol. The van der Waals surface area contributed by atoms with Gasteiger partial charge < -0.3 is 28.9 Å². The molecule has 4 aliphatic heterocycles. The smallest absolute Gasteiger partial charge is 0.172 e. The average molecular weight is 1430 g/mol. The van der Waals surface area contributed by atoms with Gasteiger partial charge in [0.05, 0.1) is 33.6 Å². The van der Waals surface area contributed by atoms with Gasteiger partial charge in [-0.15, -0.1) is 0 Å². The third kappa shape index (κ3) is 8.89. The van der Waals surface area contributed by atoms with E-state index in [1.54, 1.807) is 0 Å². The number of para-hydroxylation sites is 5. The Morgan fingerprint density at radius 2 is 0.773 bits per heavy atom. The fourth-order valence-corrected chi connectivity index (χ4v) is 20.7. The minimum Gasteiger partial charge on any atom is -0.457 e. The highest BCUT2D eigenvalue weighted by molar-refractivity contribution is 7.99. The monoisotopic (exact) mass is 1430 g/mol. The van der Waals surface area contributed by atoms with Crippen LogP contribution in [0.25, 0.3) is 54.9 Å². The zero-order chi connectivity index (χ0) is 72.6. The predicted molar refractivity (Wildman–Crippen MR) is 448 cm³/mol. The van der Waals surface area contributed by atoms with Gasteiger partial charge in [0.2, 0.25) is 0 Å². The number of anilines is 9. The molecule has 17 aromatic carbocycles. The van der Waals surface area contributed by atoms with E-state index in [0.29, 0.717) is 23.0 Å². The van der Waals surface area contributed by atoms with Crippen LogP contribution in [0.5, 0.6) is 34.5 Å². The Labute approximate surface area is 642 Å². The van der Waals surface area contributed by atoms with E-state index in [-0.39, 0.29) is 5.41 Å². The highest BCUT2D eigenvalue weighted by Crippen LogP contribution is 2.67. The molecule has 0 aromatic heterocycles. The summed E-state index contributed by atoms with van der Waals surface area (Å²) in [4.78, 5) is 9.77. The van der Waals surface area contributed by atoms with Crippen molar-refractivity contribution in [2.24, 2.45) is 0 Å². The molecule has 0 radical (unpaired) electrons. The molecular formula is C103H67N3O3S. The maximum Gasteiger partial charge on any atom is 0.172 e. The first kappa shape index (κ1) is 62.6. The standard InChI is InChI=1S/C103H67N3O3S/c1-101(2)82-54-50-72(61-91(82)106(70-33-10-5-11-34-70)90-57-65-27-13-12-26-64(65)56-88(90)101)104(68-29-6-3-7-30-68)71-49-53-81-78(60-71)75-35-14-16-38-79(75)102(81)85-42-20-23-47-98(85)110-99-59-67(48-52-86(99)102)74-37-24-28-66-58-95-97(63-77(66)74)108-94-55-51-73(62-96(94)109-95)105(69-31-8-4-9-32-69)89-44-25-43-87-100(89)76-36-15-17-39-80(76)103(87)83-40-18-21-45-92(83)107-93-46-22-19-41-84(93)103/h3-63H,1-2H3. The van der Waals surface area contributed by atoms with Crippen LogP contribution >= 0.6 is 11.8 Å². The number of hydrogen-bond acceptors (Lipinski definition) is 7. The molecule has 110 heavy (non-hydrogen) atoms. The lowest BCUT2D eigenvalue weighted by molar-refractivity contribution is 0.360. The number of ether oxygens (including phenoxy) is 3. The summed E-state index contributed by atoms with van der Waals surface area (Å²) in [7, 11) is 0. The fraction of sp³-hybridized carbons (Fsp3) is 0.0485. The lowest BCUT2D eigenvalue weighted by Gasteiger charge is -2.43. The molecule has 6 aliphatic rings. The molecule has 23 rings (SSSR count). The van der Waals surface area contributed by atoms with Crippen LogP contribution in [0.2, 0.25) is 0 Å². The van der Waals surface area contributed by atoms with Gasteiger partial charge in [0, 0.05) is 66.4 Å². The SMILES string of the molecule is CC1(C)c2ccc(N(c3ccccc3)c3ccc4c(c3)-c3ccccc3C43c4ccccc4Sc4cc(-c5cccc6cc7c(cc56)Oc5ccc(N(c6ccccc6)c6cccc8c6-c6ccccc6C86c8ccccc8Oc8ccccc86)cc5O7)ccc43)cc2N(c2ccccc2)c2cc3ccccc3cc21. The van der Waals surface area contributed by atoms with E-state index in [4.69, 9.17) is 14.2 Å². The number of rotatable bonds is 8. The van der Waals surface area contributed by atoms with Crippen LogP contribution < -0.4 is 28.9 Å². The van der Waals surface area contributed by atoms with Crippen LogP contribution in [0.1, 0.15) is 69.5 Å². The summed E-state index contributed by atoms with van der Waals surface area (Å²) >= 11 is 1.87. The zero-order valence-corrected chi connectivity index (χ0v) is 61.0. The minimum atomic E-state index is -0.624. The van der Waals surface area contributed by atoms with Gasteiger partial charge in [-0.2, -0.15) is 0 Å². The lowest BCUT2D eigenvalue weighted by atomic mass is 9.66. The van der Waals surface area contributed by atoms with Gasteiger partial charge >= 0.3 is 0 Å². The van der Waals surface area contributed by atoms with E-state index < -0.39 is 10.8 Å². The second kappa shape index (κ2) is 23.7. The number of fused-ring (bicyclic) bond motifs is 24. The van der Waals surface area contributed by atoms with Crippen molar-refractivity contribution in [1.29, 1.82) is 0 Å². The summed E-state index contributed by atoms with van der Waals surface area (Å²) < 4.78 is 20.8. The van der Waals surface area contributed by atoms with Gasteiger partial charge in [0.1, 0.15) is 11.5 Å². The molecule has 0 amide bonds. The summed E-state index contributed by atoms with van der Waals surface area (Å²) in [6.45, 7) is 4.77. The van der Waals surface area contributed by atoms with Crippen LogP contribution in [0, 0.1) is 0 Å². The Hall–Kier alpha value is -13.6. The second-order valence-electron chi connectivity index (χ2n) is 30.1. The summed E-state index contributed by atoms with van der Waals surface area (Å²) in [5, 5.41) is 4.60. The molecule has 0 bridgehead atoms. The zero-order valence-electron chi connectivity index (χ0n) is 60.2. The van der Waals surface area contributed by atoms with Gasteiger partial charge in [-0.3, -0.25) is 0 Å². The molecule has 4 heterocycles. The van der Waals surface area contributed by atoms with Gasteiger partial charge in [-0.1, -0.05) is 262 Å². The fourth-order valence-electron chi connectivity index (χ4n) is 19.5. The third-order valence-corrected chi connectivity index (χ3v) is 25.3. The Bertz CT molecular complexity index is 6710. The minimum absolute atomic E-state index is 0.289. The van der Waals surface area contributed by atoms with E-state index in [2.05, 4.69) is 399 Å². The van der Waals surface area contributed by atoms with Crippen molar-refractivity contribution in [3.63, 3.8) is 0 Å². The van der Waals surface area contributed by atoms with Gasteiger partial charge in [0.15, 0.2) is 23.0 Å². The first-order chi connectivity index (χ1) is 54.3. The predicted octanol–water partition coefficient (Wildman–Crippen LogP) is 27.9. The van der Waals surface area contributed by atoms with Crippen molar-refractivity contribution in [3.05, 3.63) is 426 Å². The summed E-state index contributed by atoms with van der Waals surface area (Å²) in [6.07, 6.45) is 0. The van der Waals surface area contributed by atoms with Crippen LogP contribution in [-0.4, -0.2) is 0 Å². The van der Waals surface area contributed by atoms with E-state index in [1.165, 1.54) is 98.7 Å². The molecule has 0 fully saturated rings. The molecule has 1 atom stereocenters. The van der Waals surface area contributed by atoms with Crippen molar-refractivity contribution >= 4 is 84.5 Å². The highest BCUT2D eigenvalue weighted by Gasteiger charge is 2.53. The van der Waals surface area contributed by atoms with E-state index in [0.717, 1.165) is 84.3 Å². The van der Waals surface area contributed by atoms with Gasteiger partial charge in [0.25, 0.3) is 0 Å². The Kier molecular flexibility index (Phi) is 13.5. The summed E-state index contributed by atoms with van der Waals surface area (Å²) in [5.41, 5.74) is 27.7. The molecule has 518 valence electrons. The second-order valence-corrected chi connectivity index (χ2v) is 31.2. The molecule has 7 heteroatoms. The van der Waals surface area contributed by atoms with Gasteiger partial charge in [-0.25, -0.2) is 0 Å². The molecule has 6 nitrogen and oxygen atoms in total. The van der Waals surface area contributed by atoms with Crippen LogP contribution in [0.3, 0.4) is 0 Å². The molecule has 2 aliphatic carbocycles. The Balaban J connectivity index is 0.612. The molecule has 17 aromatic rings. The van der Waals surface area contributed by atoms with E-state index in [9.17, 15) is 0 Å². The van der Waals surface area contributed by atoms with Crippen molar-refractivity contribution in [3.8, 4) is 67.9 Å². The molecule has 0 saturated heterocycles. The number of nitrogens with zero attached hydrogens (tertiary/aromatic N) is 3. The van der Waals surface area contributed by atoms with Crippen molar-refractivity contribution in [2.75, 3.05) is 14.7 Å². The first-order valence-electron chi connectivity index (χ1n) is 37.8. The third-order valence-electron chi connectivity index (χ3n) is 24.1. The summed E-state index contributed by atoms with van der Waals surface area (Å²) in [5.74, 6) is 4.34. The molecule has 2 spiro atoms. The maximum atomic E-state index is 7.09. The van der Waals surface area contributed by atoms with Crippen LogP contribution in [0.15, 0.2) is 380 Å². The topological polar surface area (TPSA) is 37.4 Å². The van der Waals surface area contributed by atoms with Crippen LogP contribution in [0.4, 0.5) is 51.2 Å². The Morgan fingerprint density at radius 1 is 0.273 bits per heavy atom. The van der Waals surface area contributed by atoms with Crippen LogP contribution in [-0.2, 0) is 16.2 Å². The number of benzene rings is 17. The molecule has 0 N–H and O–H groups in total. The highest BCUT2D eigenvalue weighted by atomic mass is 32.2. The molecule has 1 unspecified atom stereocenters. The lowest BCUT2D eigenvalue weighted by Crippen LogP contribution is -2.32. The quantitative estimate of drug-likeness (QED) is 0.150. The van der Waals surface area contributed by atoms with Gasteiger partial charge in [-0.05, 0) is 221 Å². The van der Waals surface area contributed by atoms with Crippen molar-refractivity contribution < 1.29 is 14.2 Å². The van der Waals surface area contributed by atoms with Crippen molar-refractivity contribution in [2.45, 2.75) is 39.9 Å².